The summed E-state index contributed by atoms with van der Waals surface area (Å²) in [4.78, 5) is 14.3. The minimum atomic E-state index is -4.39. The van der Waals surface area contributed by atoms with E-state index in [0.29, 0.717) is 31.4 Å². The molecule has 2 amide bonds. The molecule has 0 unspecified atom stereocenters. The van der Waals surface area contributed by atoms with E-state index in [1.54, 1.807) is 4.68 Å². The number of nitrogens with one attached hydrogen (secondary N) is 1. The third-order valence-corrected chi connectivity index (χ3v) is 5.83. The summed E-state index contributed by atoms with van der Waals surface area (Å²) in [7, 11) is 0. The molecule has 6 nitrogen and oxygen atoms in total. The zero-order valence-electron chi connectivity index (χ0n) is 15.6. The fraction of sp³-hybridized carbons (Fsp3) is 0.632. The number of amides is 2. The number of hydrogen-bond acceptors (Lipinski definition) is 3. The van der Waals surface area contributed by atoms with Gasteiger partial charge in [-0.2, -0.15) is 13.2 Å². The summed E-state index contributed by atoms with van der Waals surface area (Å²) in [5.74, 6) is 0. The number of urea groups is 1. The number of likely N-dealkylation sites (tertiary alicyclic amines) is 1. The van der Waals surface area contributed by atoms with Gasteiger partial charge >= 0.3 is 12.2 Å². The smallest absolute Gasteiger partial charge is 0.335 e. The van der Waals surface area contributed by atoms with E-state index in [1.807, 2.05) is 4.90 Å². The van der Waals surface area contributed by atoms with Gasteiger partial charge in [-0.1, -0.05) is 24.5 Å². The largest absolute Gasteiger partial charge is 0.416 e. The molecule has 0 spiro atoms. The monoisotopic (exact) mass is 395 g/mol. The van der Waals surface area contributed by atoms with Crippen LogP contribution in [0.1, 0.15) is 56.6 Å². The number of nitrogens with zero attached hydrogens (tertiary/aromatic N) is 4. The standard InChI is InChI=1S/C19H24F3N5O/c20-19(21,22)13-6-7-17-16(12-13)24-25-27(17)15-8-10-26(11-9-15)18(28)23-14-4-2-1-3-5-14/h6-7,12,14-15H,1-5,8-11H2,(H,23,28). The first kappa shape index (κ1) is 19.0. The van der Waals surface area contributed by atoms with E-state index in [1.165, 1.54) is 25.3 Å². The lowest BCUT2D eigenvalue weighted by Crippen LogP contribution is -2.48. The van der Waals surface area contributed by atoms with E-state index in [4.69, 9.17) is 0 Å². The molecule has 0 bridgehead atoms. The van der Waals surface area contributed by atoms with Gasteiger partial charge in [0.15, 0.2) is 0 Å². The molecule has 0 atom stereocenters. The normalized spacial score (nSPS) is 19.9. The third kappa shape index (κ3) is 3.93. The summed E-state index contributed by atoms with van der Waals surface area (Å²) in [6, 6.07) is 3.83. The summed E-state index contributed by atoms with van der Waals surface area (Å²) < 4.78 is 40.3. The molecular weight excluding hydrogens is 371 g/mol. The fourth-order valence-electron chi connectivity index (χ4n) is 4.21. The Labute approximate surface area is 161 Å². The van der Waals surface area contributed by atoms with Crippen molar-refractivity contribution in [2.24, 2.45) is 0 Å². The number of carbonyl (C=O) groups excluding carboxylic acids is 1. The number of hydrogen-bond donors (Lipinski definition) is 1. The Balaban J connectivity index is 1.39. The summed E-state index contributed by atoms with van der Waals surface area (Å²) in [6.07, 6.45) is 2.70. The molecule has 2 aliphatic rings. The van der Waals surface area contributed by atoms with Gasteiger partial charge in [-0.3, -0.25) is 0 Å². The van der Waals surface area contributed by atoms with E-state index in [9.17, 15) is 18.0 Å². The molecule has 2 aromatic rings. The molecule has 1 aliphatic heterocycles. The van der Waals surface area contributed by atoms with Crippen molar-refractivity contribution in [3.63, 3.8) is 0 Å². The Hall–Kier alpha value is -2.32. The van der Waals surface area contributed by atoms with Crippen molar-refractivity contribution in [3.8, 4) is 0 Å². The quantitative estimate of drug-likeness (QED) is 0.832. The van der Waals surface area contributed by atoms with Crippen LogP contribution in [0.2, 0.25) is 0 Å². The average Bonchev–Trinajstić information content (AvgIpc) is 3.11. The fourth-order valence-corrected chi connectivity index (χ4v) is 4.21. The number of alkyl halides is 3. The second kappa shape index (κ2) is 7.60. The number of aromatic nitrogens is 3. The molecule has 152 valence electrons. The second-order valence-corrected chi connectivity index (χ2v) is 7.74. The predicted octanol–water partition coefficient (Wildman–Crippen LogP) is 4.13. The van der Waals surface area contributed by atoms with Crippen LogP contribution in [-0.4, -0.2) is 45.1 Å². The predicted molar refractivity (Wildman–Crippen MR) is 97.8 cm³/mol. The van der Waals surface area contributed by atoms with Crippen LogP contribution in [0.5, 0.6) is 0 Å². The third-order valence-electron chi connectivity index (χ3n) is 5.83. The lowest BCUT2D eigenvalue weighted by Gasteiger charge is -2.34. The Kier molecular flexibility index (Phi) is 5.16. The van der Waals surface area contributed by atoms with Crippen molar-refractivity contribution >= 4 is 17.1 Å². The zero-order valence-corrected chi connectivity index (χ0v) is 15.6. The van der Waals surface area contributed by atoms with Gasteiger partial charge in [-0.15, -0.1) is 5.10 Å². The minimum Gasteiger partial charge on any atom is -0.335 e. The molecule has 1 saturated carbocycles. The van der Waals surface area contributed by atoms with Crippen molar-refractivity contribution < 1.29 is 18.0 Å². The van der Waals surface area contributed by atoms with Crippen LogP contribution in [0.15, 0.2) is 18.2 Å². The second-order valence-electron chi connectivity index (χ2n) is 7.74. The van der Waals surface area contributed by atoms with Gasteiger partial charge in [0.05, 0.1) is 17.1 Å². The van der Waals surface area contributed by atoms with Crippen molar-refractivity contribution in [2.45, 2.75) is 63.2 Å². The van der Waals surface area contributed by atoms with E-state index in [2.05, 4.69) is 15.6 Å². The molecule has 28 heavy (non-hydrogen) atoms. The van der Waals surface area contributed by atoms with Gasteiger partial charge in [0.25, 0.3) is 0 Å². The first-order chi connectivity index (χ1) is 13.4. The van der Waals surface area contributed by atoms with E-state index in [0.717, 1.165) is 25.0 Å². The lowest BCUT2D eigenvalue weighted by atomic mass is 9.95. The highest BCUT2D eigenvalue weighted by atomic mass is 19.4. The Bertz CT molecular complexity index is 836. The zero-order chi connectivity index (χ0) is 19.7. The number of benzene rings is 1. The van der Waals surface area contributed by atoms with Gasteiger partial charge in [0, 0.05) is 19.1 Å². The maximum Gasteiger partial charge on any atom is 0.416 e. The minimum absolute atomic E-state index is 0.0105. The van der Waals surface area contributed by atoms with Gasteiger partial charge in [0.2, 0.25) is 0 Å². The molecule has 2 fully saturated rings. The first-order valence-corrected chi connectivity index (χ1v) is 9.89. The summed E-state index contributed by atoms with van der Waals surface area (Å²) in [5, 5.41) is 11.1. The van der Waals surface area contributed by atoms with Gasteiger partial charge in [-0.25, -0.2) is 9.48 Å². The molecule has 1 aliphatic carbocycles. The van der Waals surface area contributed by atoms with Crippen LogP contribution in [0, 0.1) is 0 Å². The van der Waals surface area contributed by atoms with Gasteiger partial charge in [-0.05, 0) is 43.9 Å². The van der Waals surface area contributed by atoms with Gasteiger partial charge in [0.1, 0.15) is 5.52 Å². The summed E-state index contributed by atoms with van der Waals surface area (Å²) in [5.41, 5.74) is 0.117. The van der Waals surface area contributed by atoms with Crippen molar-refractivity contribution in [2.75, 3.05) is 13.1 Å². The highest BCUT2D eigenvalue weighted by Gasteiger charge is 2.32. The molecule has 1 aromatic carbocycles. The Morgan fingerprint density at radius 2 is 1.79 bits per heavy atom. The van der Waals surface area contributed by atoms with E-state index >= 15 is 0 Å². The number of piperidine rings is 1. The molecule has 4 rings (SSSR count). The molecule has 1 N–H and O–H groups in total. The molecule has 1 saturated heterocycles. The van der Waals surface area contributed by atoms with E-state index < -0.39 is 11.7 Å². The molecular formula is C19H24F3N5O. The average molecular weight is 395 g/mol. The van der Waals surface area contributed by atoms with E-state index in [-0.39, 0.29) is 23.6 Å². The van der Waals surface area contributed by atoms with Crippen LogP contribution in [0.3, 0.4) is 0 Å². The topological polar surface area (TPSA) is 63.1 Å². The molecule has 2 heterocycles. The molecule has 1 aromatic heterocycles. The van der Waals surface area contributed by atoms with Crippen LogP contribution < -0.4 is 5.32 Å². The first-order valence-electron chi connectivity index (χ1n) is 9.89. The van der Waals surface area contributed by atoms with Crippen LogP contribution >= 0.6 is 0 Å². The Morgan fingerprint density at radius 1 is 1.07 bits per heavy atom. The van der Waals surface area contributed by atoms with Gasteiger partial charge < -0.3 is 10.2 Å². The van der Waals surface area contributed by atoms with Crippen LogP contribution in [0.4, 0.5) is 18.0 Å². The lowest BCUT2D eigenvalue weighted by molar-refractivity contribution is -0.137. The van der Waals surface area contributed by atoms with Crippen LogP contribution in [0.25, 0.3) is 11.0 Å². The van der Waals surface area contributed by atoms with Crippen molar-refractivity contribution in [1.82, 2.24) is 25.2 Å². The number of fused-ring (bicyclic) bond motifs is 1. The molecule has 0 radical (unpaired) electrons. The number of carbonyl (C=O) groups is 1. The highest BCUT2D eigenvalue weighted by molar-refractivity contribution is 5.76. The van der Waals surface area contributed by atoms with Crippen molar-refractivity contribution in [1.29, 1.82) is 0 Å². The summed E-state index contributed by atoms with van der Waals surface area (Å²) >= 11 is 0. The summed E-state index contributed by atoms with van der Waals surface area (Å²) in [6.45, 7) is 1.20. The molecule has 9 heteroatoms. The number of rotatable bonds is 2. The maximum absolute atomic E-state index is 12.9. The number of halogens is 3. The maximum atomic E-state index is 12.9. The Morgan fingerprint density at radius 3 is 2.46 bits per heavy atom. The highest BCUT2D eigenvalue weighted by Crippen LogP contribution is 2.32. The van der Waals surface area contributed by atoms with Crippen molar-refractivity contribution in [3.05, 3.63) is 23.8 Å². The SMILES string of the molecule is O=C(NC1CCCCC1)N1CCC(n2nnc3cc(C(F)(F)F)ccc32)CC1. The van der Waals surface area contributed by atoms with Crippen LogP contribution in [-0.2, 0) is 6.18 Å².